The third kappa shape index (κ3) is 2.55. The maximum Gasteiger partial charge on any atom is 0.0900 e. The van der Waals surface area contributed by atoms with Crippen LogP contribution in [0.4, 0.5) is 0 Å². The van der Waals surface area contributed by atoms with Crippen LogP contribution >= 0.6 is 11.3 Å². The first kappa shape index (κ1) is 9.64. The van der Waals surface area contributed by atoms with Gasteiger partial charge in [-0.15, -0.1) is 11.3 Å². The quantitative estimate of drug-likeness (QED) is 0.682. The third-order valence-electron chi connectivity index (χ3n) is 1.61. The van der Waals surface area contributed by atoms with Crippen LogP contribution in [0.25, 0.3) is 0 Å². The molecule has 3 N–H and O–H groups in total. The van der Waals surface area contributed by atoms with Crippen molar-refractivity contribution in [3.05, 3.63) is 15.6 Å². The van der Waals surface area contributed by atoms with Crippen molar-refractivity contribution in [2.45, 2.75) is 20.4 Å². The van der Waals surface area contributed by atoms with Crippen LogP contribution in [0.5, 0.6) is 0 Å². The molecule has 0 aromatic carbocycles. The van der Waals surface area contributed by atoms with E-state index in [1.165, 1.54) is 4.88 Å². The maximum atomic E-state index is 5.36. The fourth-order valence-electron chi connectivity index (χ4n) is 1.04. The van der Waals surface area contributed by atoms with E-state index in [1.807, 2.05) is 13.8 Å². The molecule has 0 amide bonds. The van der Waals surface area contributed by atoms with Crippen LogP contribution < -0.4 is 11.1 Å². The summed E-state index contributed by atoms with van der Waals surface area (Å²) in [5, 5.41) is 4.39. The molecule has 0 bridgehead atoms. The molecule has 3 nitrogen and oxygen atoms in total. The van der Waals surface area contributed by atoms with Gasteiger partial charge in [0.1, 0.15) is 0 Å². The number of aromatic nitrogens is 1. The van der Waals surface area contributed by atoms with E-state index in [0.717, 1.165) is 23.8 Å². The highest BCUT2D eigenvalue weighted by Crippen LogP contribution is 2.16. The molecule has 0 radical (unpaired) electrons. The summed E-state index contributed by atoms with van der Waals surface area (Å²) in [5.74, 6) is 0. The van der Waals surface area contributed by atoms with Crippen molar-refractivity contribution in [3.8, 4) is 0 Å². The Hall–Kier alpha value is -0.450. The first-order valence-corrected chi connectivity index (χ1v) is 4.89. The van der Waals surface area contributed by atoms with Gasteiger partial charge in [0.25, 0.3) is 0 Å². The fraction of sp³-hybridized carbons (Fsp3) is 0.625. The molecule has 0 spiro atoms. The zero-order chi connectivity index (χ0) is 8.97. The first-order valence-electron chi connectivity index (χ1n) is 4.07. The number of aryl methyl sites for hydroxylation is 2. The van der Waals surface area contributed by atoms with E-state index < -0.39 is 0 Å². The zero-order valence-electron chi connectivity index (χ0n) is 7.55. The lowest BCUT2D eigenvalue weighted by atomic mass is 10.4. The van der Waals surface area contributed by atoms with Gasteiger partial charge < -0.3 is 11.1 Å². The van der Waals surface area contributed by atoms with Crippen molar-refractivity contribution < 1.29 is 0 Å². The normalized spacial score (nSPS) is 10.6. The molecule has 12 heavy (non-hydrogen) atoms. The topological polar surface area (TPSA) is 50.9 Å². The number of nitrogens with zero attached hydrogens (tertiary/aromatic N) is 1. The van der Waals surface area contributed by atoms with Gasteiger partial charge in [-0.25, -0.2) is 4.98 Å². The Kier molecular flexibility index (Phi) is 3.65. The minimum atomic E-state index is 0.691. The van der Waals surface area contributed by atoms with Crippen molar-refractivity contribution in [1.82, 2.24) is 10.3 Å². The van der Waals surface area contributed by atoms with Crippen molar-refractivity contribution in [1.29, 1.82) is 0 Å². The van der Waals surface area contributed by atoms with Gasteiger partial charge in [0.05, 0.1) is 10.7 Å². The van der Waals surface area contributed by atoms with Crippen molar-refractivity contribution in [2.24, 2.45) is 5.73 Å². The van der Waals surface area contributed by atoms with E-state index in [0.29, 0.717) is 6.54 Å². The molecule has 0 aliphatic heterocycles. The predicted molar refractivity (Wildman–Crippen MR) is 52.3 cm³/mol. The Labute approximate surface area is 77.0 Å². The average molecular weight is 185 g/mol. The second kappa shape index (κ2) is 4.54. The summed E-state index contributed by atoms with van der Waals surface area (Å²) < 4.78 is 0. The Morgan fingerprint density at radius 1 is 1.50 bits per heavy atom. The first-order chi connectivity index (χ1) is 5.74. The summed E-state index contributed by atoms with van der Waals surface area (Å²) in [5.41, 5.74) is 6.50. The van der Waals surface area contributed by atoms with Crippen LogP contribution in [0.2, 0.25) is 0 Å². The van der Waals surface area contributed by atoms with Crippen LogP contribution in [0.15, 0.2) is 0 Å². The molecule has 1 heterocycles. The molecule has 4 heteroatoms. The molecule has 0 aliphatic rings. The molecule has 0 saturated heterocycles. The average Bonchev–Trinajstić information content (AvgIpc) is 2.31. The van der Waals surface area contributed by atoms with Crippen molar-refractivity contribution in [3.63, 3.8) is 0 Å². The summed E-state index contributed by atoms with van der Waals surface area (Å²) in [7, 11) is 0. The fourth-order valence-corrected chi connectivity index (χ4v) is 1.95. The highest BCUT2D eigenvalue weighted by Gasteiger charge is 2.02. The second-order valence-electron chi connectivity index (χ2n) is 2.71. The lowest BCUT2D eigenvalue weighted by Crippen LogP contribution is -2.21. The van der Waals surface area contributed by atoms with Crippen LogP contribution in [-0.2, 0) is 6.54 Å². The standard InChI is InChI=1S/C8H15N3S/c1-6-8(5-10-4-3-9)12-7(2)11-6/h10H,3-5,9H2,1-2H3. The number of nitrogens with two attached hydrogens (primary N) is 1. The van der Waals surface area contributed by atoms with E-state index in [2.05, 4.69) is 10.3 Å². The molecule has 1 aromatic heterocycles. The molecular weight excluding hydrogens is 170 g/mol. The Morgan fingerprint density at radius 3 is 2.75 bits per heavy atom. The van der Waals surface area contributed by atoms with Crippen LogP contribution in [0.1, 0.15) is 15.6 Å². The predicted octanol–water partition coefficient (Wildman–Crippen LogP) is 0.808. The molecule has 68 valence electrons. The molecule has 0 aliphatic carbocycles. The molecule has 0 atom stereocenters. The van der Waals surface area contributed by atoms with E-state index >= 15 is 0 Å². The minimum absolute atomic E-state index is 0.691. The highest BCUT2D eigenvalue weighted by molar-refractivity contribution is 7.11. The van der Waals surface area contributed by atoms with Gasteiger partial charge in [0.2, 0.25) is 0 Å². The largest absolute Gasteiger partial charge is 0.329 e. The highest BCUT2D eigenvalue weighted by atomic mass is 32.1. The van der Waals surface area contributed by atoms with E-state index in [-0.39, 0.29) is 0 Å². The number of thiazole rings is 1. The number of rotatable bonds is 4. The third-order valence-corrected chi connectivity index (χ3v) is 2.68. The second-order valence-corrected chi connectivity index (χ2v) is 3.99. The van der Waals surface area contributed by atoms with Crippen molar-refractivity contribution in [2.75, 3.05) is 13.1 Å². The summed E-state index contributed by atoms with van der Waals surface area (Å²) in [6, 6.07) is 0. The summed E-state index contributed by atoms with van der Waals surface area (Å²) in [6.45, 7) is 6.54. The number of hydrogen-bond donors (Lipinski definition) is 2. The van der Waals surface area contributed by atoms with Gasteiger partial charge in [0.15, 0.2) is 0 Å². The molecule has 0 saturated carbocycles. The van der Waals surface area contributed by atoms with Crippen LogP contribution in [-0.4, -0.2) is 18.1 Å². The lowest BCUT2D eigenvalue weighted by Gasteiger charge is -1.99. The van der Waals surface area contributed by atoms with Crippen molar-refractivity contribution >= 4 is 11.3 Å². The summed E-state index contributed by atoms with van der Waals surface area (Å²) >= 11 is 1.75. The van der Waals surface area contributed by atoms with Gasteiger partial charge in [-0.1, -0.05) is 0 Å². The van der Waals surface area contributed by atoms with Gasteiger partial charge >= 0.3 is 0 Å². The van der Waals surface area contributed by atoms with E-state index in [1.54, 1.807) is 11.3 Å². The molecule has 1 aromatic rings. The van der Waals surface area contributed by atoms with Crippen LogP contribution in [0.3, 0.4) is 0 Å². The SMILES string of the molecule is Cc1nc(C)c(CNCCN)s1. The molecule has 0 unspecified atom stereocenters. The monoisotopic (exact) mass is 185 g/mol. The maximum absolute atomic E-state index is 5.36. The lowest BCUT2D eigenvalue weighted by molar-refractivity contribution is 0.698. The molecular formula is C8H15N3S. The smallest absolute Gasteiger partial charge is 0.0900 e. The zero-order valence-corrected chi connectivity index (χ0v) is 8.37. The Balaban J connectivity index is 2.45. The van der Waals surface area contributed by atoms with E-state index in [9.17, 15) is 0 Å². The van der Waals surface area contributed by atoms with Gasteiger partial charge in [-0.3, -0.25) is 0 Å². The molecule has 0 fully saturated rings. The van der Waals surface area contributed by atoms with E-state index in [4.69, 9.17) is 5.73 Å². The molecule has 1 rings (SSSR count). The number of nitrogens with one attached hydrogen (secondary N) is 1. The summed E-state index contributed by atoms with van der Waals surface area (Å²) in [4.78, 5) is 5.66. The van der Waals surface area contributed by atoms with Gasteiger partial charge in [-0.2, -0.15) is 0 Å². The van der Waals surface area contributed by atoms with Gasteiger partial charge in [-0.05, 0) is 13.8 Å². The number of hydrogen-bond acceptors (Lipinski definition) is 4. The Morgan fingerprint density at radius 2 is 2.25 bits per heavy atom. The summed E-state index contributed by atoms with van der Waals surface area (Å²) in [6.07, 6.45) is 0. The Bertz CT molecular complexity index is 244. The van der Waals surface area contributed by atoms with Gasteiger partial charge in [0, 0.05) is 24.5 Å². The minimum Gasteiger partial charge on any atom is -0.329 e. The van der Waals surface area contributed by atoms with Crippen LogP contribution in [0, 0.1) is 13.8 Å².